The molecule has 2 rings (SSSR count). The molecular weight excluding hydrogens is 220 g/mol. The van der Waals surface area contributed by atoms with Gasteiger partial charge >= 0.3 is 0 Å². The van der Waals surface area contributed by atoms with Crippen LogP contribution in [-0.4, -0.2) is 31.1 Å². The quantitative estimate of drug-likeness (QED) is 0.801. The van der Waals surface area contributed by atoms with Crippen LogP contribution in [0, 0.1) is 6.92 Å². The lowest BCUT2D eigenvalue weighted by molar-refractivity contribution is 0.166. The molecule has 0 bridgehead atoms. The first-order chi connectivity index (χ1) is 8.81. The Morgan fingerprint density at radius 1 is 1.28 bits per heavy atom. The van der Waals surface area contributed by atoms with Crippen LogP contribution < -0.4 is 5.32 Å². The van der Waals surface area contributed by atoms with E-state index in [4.69, 9.17) is 0 Å². The maximum atomic E-state index is 3.85. The van der Waals surface area contributed by atoms with Gasteiger partial charge in [-0.15, -0.1) is 6.58 Å². The third-order valence-corrected chi connectivity index (χ3v) is 3.70. The normalized spacial score (nSPS) is 18.5. The predicted octanol–water partition coefficient (Wildman–Crippen LogP) is 2.91. The summed E-state index contributed by atoms with van der Waals surface area (Å²) in [6.45, 7) is 10.5. The molecule has 1 N–H and O–H groups in total. The van der Waals surface area contributed by atoms with Crippen LogP contribution in [0.2, 0.25) is 0 Å². The van der Waals surface area contributed by atoms with Crippen LogP contribution >= 0.6 is 0 Å². The van der Waals surface area contributed by atoms with Gasteiger partial charge in [0.2, 0.25) is 0 Å². The fourth-order valence-electron chi connectivity index (χ4n) is 2.62. The highest BCUT2D eigenvalue weighted by Crippen LogP contribution is 2.26. The zero-order valence-electron chi connectivity index (χ0n) is 11.4. The van der Waals surface area contributed by atoms with Crippen LogP contribution in [0.3, 0.4) is 0 Å². The number of aryl methyl sites for hydroxylation is 1. The Morgan fingerprint density at radius 2 is 1.94 bits per heavy atom. The highest BCUT2D eigenvalue weighted by Gasteiger charge is 2.21. The van der Waals surface area contributed by atoms with Gasteiger partial charge in [0.05, 0.1) is 0 Å². The van der Waals surface area contributed by atoms with Gasteiger partial charge in [0.15, 0.2) is 0 Å². The van der Waals surface area contributed by atoms with Crippen molar-refractivity contribution in [2.24, 2.45) is 0 Å². The molecule has 1 atom stereocenters. The maximum absolute atomic E-state index is 3.85. The number of piperazine rings is 1. The van der Waals surface area contributed by atoms with Crippen molar-refractivity contribution in [3.63, 3.8) is 0 Å². The van der Waals surface area contributed by atoms with E-state index in [-0.39, 0.29) is 0 Å². The van der Waals surface area contributed by atoms with Crippen molar-refractivity contribution in [1.29, 1.82) is 0 Å². The van der Waals surface area contributed by atoms with Gasteiger partial charge in [-0.05, 0) is 25.3 Å². The van der Waals surface area contributed by atoms with E-state index in [1.807, 2.05) is 6.08 Å². The molecule has 0 aromatic heterocycles. The lowest BCUT2D eigenvalue weighted by Gasteiger charge is -2.35. The molecule has 0 radical (unpaired) electrons. The molecule has 18 heavy (non-hydrogen) atoms. The molecule has 1 aromatic rings. The summed E-state index contributed by atoms with van der Waals surface area (Å²) < 4.78 is 0. The summed E-state index contributed by atoms with van der Waals surface area (Å²) in [5, 5.41) is 3.42. The molecule has 0 aliphatic carbocycles. The van der Waals surface area contributed by atoms with E-state index in [0.29, 0.717) is 6.04 Å². The Bertz CT molecular complexity index is 363. The summed E-state index contributed by atoms with van der Waals surface area (Å²) in [7, 11) is 0. The van der Waals surface area contributed by atoms with E-state index in [0.717, 1.165) is 32.6 Å². The van der Waals surface area contributed by atoms with E-state index in [1.54, 1.807) is 0 Å². The Morgan fingerprint density at radius 3 is 2.56 bits per heavy atom. The number of benzene rings is 1. The first-order valence-electron chi connectivity index (χ1n) is 6.93. The summed E-state index contributed by atoms with van der Waals surface area (Å²) in [6.07, 6.45) is 4.29. The van der Waals surface area contributed by atoms with Crippen LogP contribution in [0.4, 0.5) is 0 Å². The van der Waals surface area contributed by atoms with Gasteiger partial charge in [-0.3, -0.25) is 4.90 Å². The molecule has 2 heteroatoms. The van der Waals surface area contributed by atoms with Crippen molar-refractivity contribution in [2.75, 3.05) is 26.2 Å². The second kappa shape index (κ2) is 6.72. The van der Waals surface area contributed by atoms with Crippen molar-refractivity contribution >= 4 is 0 Å². The van der Waals surface area contributed by atoms with Gasteiger partial charge in [0.25, 0.3) is 0 Å². The standard InChI is InChI=1S/C16H24N2/c1-3-4-5-16(18-12-10-17-11-13-18)15-8-6-14(2)7-9-15/h3,6-9,16-17H,1,4-5,10-13H2,2H3/t16-/m0/s1. The average Bonchev–Trinajstić information content (AvgIpc) is 2.42. The van der Waals surface area contributed by atoms with E-state index in [9.17, 15) is 0 Å². The average molecular weight is 244 g/mol. The molecule has 0 amide bonds. The van der Waals surface area contributed by atoms with Gasteiger partial charge < -0.3 is 5.32 Å². The number of rotatable bonds is 5. The molecule has 98 valence electrons. The highest BCUT2D eigenvalue weighted by atomic mass is 15.2. The van der Waals surface area contributed by atoms with E-state index in [2.05, 4.69) is 48.0 Å². The highest BCUT2D eigenvalue weighted by molar-refractivity contribution is 5.24. The zero-order valence-corrected chi connectivity index (χ0v) is 11.4. The monoisotopic (exact) mass is 244 g/mol. The molecule has 1 aromatic carbocycles. The van der Waals surface area contributed by atoms with Crippen LogP contribution in [0.5, 0.6) is 0 Å². The molecule has 0 unspecified atom stereocenters. The van der Waals surface area contributed by atoms with Gasteiger partial charge in [-0.1, -0.05) is 35.9 Å². The summed E-state index contributed by atoms with van der Waals surface area (Å²) in [5.74, 6) is 0. The fourth-order valence-corrected chi connectivity index (χ4v) is 2.62. The second-order valence-electron chi connectivity index (χ2n) is 5.08. The van der Waals surface area contributed by atoms with E-state index in [1.165, 1.54) is 17.5 Å². The van der Waals surface area contributed by atoms with Crippen LogP contribution in [0.1, 0.15) is 30.0 Å². The number of allylic oxidation sites excluding steroid dienone is 1. The van der Waals surface area contributed by atoms with Crippen LogP contribution in [-0.2, 0) is 0 Å². The molecule has 0 saturated carbocycles. The first-order valence-corrected chi connectivity index (χ1v) is 6.93. The summed E-state index contributed by atoms with van der Waals surface area (Å²) in [5.41, 5.74) is 2.78. The molecule has 1 aliphatic rings. The smallest absolute Gasteiger partial charge is 0.0352 e. The molecule has 1 fully saturated rings. The lowest BCUT2D eigenvalue weighted by Crippen LogP contribution is -2.45. The maximum Gasteiger partial charge on any atom is 0.0352 e. The number of nitrogens with one attached hydrogen (secondary N) is 1. The van der Waals surface area contributed by atoms with Crippen molar-refractivity contribution in [2.45, 2.75) is 25.8 Å². The third-order valence-electron chi connectivity index (χ3n) is 3.70. The van der Waals surface area contributed by atoms with Crippen molar-refractivity contribution in [3.8, 4) is 0 Å². The number of hydrogen-bond donors (Lipinski definition) is 1. The van der Waals surface area contributed by atoms with Gasteiger partial charge in [-0.2, -0.15) is 0 Å². The zero-order chi connectivity index (χ0) is 12.8. The minimum Gasteiger partial charge on any atom is -0.314 e. The van der Waals surface area contributed by atoms with Crippen LogP contribution in [0.15, 0.2) is 36.9 Å². The Hall–Kier alpha value is -1.12. The van der Waals surface area contributed by atoms with Crippen molar-refractivity contribution in [3.05, 3.63) is 48.0 Å². The van der Waals surface area contributed by atoms with Crippen molar-refractivity contribution in [1.82, 2.24) is 10.2 Å². The fraction of sp³-hybridized carbons (Fsp3) is 0.500. The third kappa shape index (κ3) is 3.44. The second-order valence-corrected chi connectivity index (χ2v) is 5.08. The largest absolute Gasteiger partial charge is 0.314 e. The minimum absolute atomic E-state index is 0.547. The number of hydrogen-bond acceptors (Lipinski definition) is 2. The van der Waals surface area contributed by atoms with Crippen molar-refractivity contribution < 1.29 is 0 Å². The van der Waals surface area contributed by atoms with E-state index >= 15 is 0 Å². The topological polar surface area (TPSA) is 15.3 Å². The molecule has 1 saturated heterocycles. The Balaban J connectivity index is 2.12. The SMILES string of the molecule is C=CCC[C@@H](c1ccc(C)cc1)N1CCNCC1. The molecule has 0 spiro atoms. The van der Waals surface area contributed by atoms with Gasteiger partial charge in [-0.25, -0.2) is 0 Å². The van der Waals surface area contributed by atoms with Gasteiger partial charge in [0, 0.05) is 32.2 Å². The molecule has 1 heterocycles. The van der Waals surface area contributed by atoms with Gasteiger partial charge in [0.1, 0.15) is 0 Å². The summed E-state index contributed by atoms with van der Waals surface area (Å²) in [4.78, 5) is 2.60. The predicted molar refractivity (Wildman–Crippen MR) is 77.8 cm³/mol. The van der Waals surface area contributed by atoms with E-state index < -0.39 is 0 Å². The Labute approximate surface area is 111 Å². The Kier molecular flexibility index (Phi) is 4.97. The number of nitrogens with zero attached hydrogens (tertiary/aromatic N) is 1. The molecule has 2 nitrogen and oxygen atoms in total. The molecular formula is C16H24N2. The molecule has 1 aliphatic heterocycles. The summed E-state index contributed by atoms with van der Waals surface area (Å²) in [6, 6.07) is 9.55. The summed E-state index contributed by atoms with van der Waals surface area (Å²) >= 11 is 0. The first kappa shape index (κ1) is 13.3. The lowest BCUT2D eigenvalue weighted by atomic mass is 9.98. The minimum atomic E-state index is 0.547. The van der Waals surface area contributed by atoms with Crippen LogP contribution in [0.25, 0.3) is 0 Å².